The largest absolute Gasteiger partial charge is 0.487 e. The van der Waals surface area contributed by atoms with Gasteiger partial charge in [0.05, 0.1) is 0 Å². The molecule has 2 unspecified atom stereocenters. The van der Waals surface area contributed by atoms with Gasteiger partial charge in [0, 0.05) is 16.7 Å². The van der Waals surface area contributed by atoms with Gasteiger partial charge < -0.3 is 10.1 Å². The monoisotopic (exact) mass is 319 g/mol. The van der Waals surface area contributed by atoms with Crippen LogP contribution in [0.5, 0.6) is 5.75 Å². The first kappa shape index (κ1) is 14.9. The molecule has 1 aromatic carbocycles. The van der Waals surface area contributed by atoms with E-state index in [1.807, 2.05) is 11.8 Å². The Morgan fingerprint density at radius 2 is 2.24 bits per heavy atom. The van der Waals surface area contributed by atoms with Gasteiger partial charge in [0.15, 0.2) is 0 Å². The molecule has 2 nitrogen and oxygen atoms in total. The van der Waals surface area contributed by atoms with E-state index in [0.29, 0.717) is 6.04 Å². The van der Waals surface area contributed by atoms with E-state index in [9.17, 15) is 0 Å². The number of thioether (sulfide) groups is 1. The summed E-state index contributed by atoms with van der Waals surface area (Å²) in [5, 5.41) is 8.07. The van der Waals surface area contributed by atoms with Gasteiger partial charge in [0.2, 0.25) is 0 Å². The normalized spacial score (nSPS) is 18.8. The first-order chi connectivity index (χ1) is 10.4. The molecular formula is C17H21NOS2. The molecule has 1 aromatic heterocycles. The predicted molar refractivity (Wildman–Crippen MR) is 91.7 cm³/mol. The molecule has 0 aliphatic carbocycles. The van der Waals surface area contributed by atoms with Crippen LogP contribution in [0.3, 0.4) is 0 Å². The molecule has 2 atom stereocenters. The van der Waals surface area contributed by atoms with Crippen molar-refractivity contribution in [2.45, 2.75) is 36.8 Å². The lowest BCUT2D eigenvalue weighted by Crippen LogP contribution is -2.47. The minimum atomic E-state index is 0.233. The van der Waals surface area contributed by atoms with Crippen LogP contribution in [0.2, 0.25) is 0 Å². The Labute approximate surface area is 134 Å². The third-order valence-corrected chi connectivity index (χ3v) is 5.55. The highest BCUT2D eigenvalue weighted by Crippen LogP contribution is 2.36. The van der Waals surface area contributed by atoms with E-state index >= 15 is 0 Å². The summed E-state index contributed by atoms with van der Waals surface area (Å²) < 4.78 is 6.26. The zero-order valence-electron chi connectivity index (χ0n) is 12.2. The second kappa shape index (κ2) is 7.34. The maximum atomic E-state index is 6.26. The molecule has 3 rings (SSSR count). The lowest BCUT2D eigenvalue weighted by atomic mass is 10.0. The Hall–Kier alpha value is -0.970. The number of benzene rings is 1. The van der Waals surface area contributed by atoms with Crippen molar-refractivity contribution in [3.63, 3.8) is 0 Å². The van der Waals surface area contributed by atoms with Crippen LogP contribution in [0, 0.1) is 0 Å². The molecule has 4 heteroatoms. The standard InChI is InChI=1S/C17H21NOS2/c1-2-8-18-14(10-13-7-9-20-11-13)16-12-21-17-6-4-3-5-15(17)19-16/h3-7,9,11,14,16,18H,2,8,10,12H2,1H3. The van der Waals surface area contributed by atoms with E-state index in [0.717, 1.165) is 30.9 Å². The van der Waals surface area contributed by atoms with Crippen LogP contribution in [0.15, 0.2) is 46.0 Å². The van der Waals surface area contributed by atoms with Crippen LogP contribution in [0.25, 0.3) is 0 Å². The Morgan fingerprint density at radius 3 is 3.05 bits per heavy atom. The van der Waals surface area contributed by atoms with Crippen molar-refractivity contribution in [3.8, 4) is 5.75 Å². The van der Waals surface area contributed by atoms with Crippen molar-refractivity contribution in [2.24, 2.45) is 0 Å². The van der Waals surface area contributed by atoms with Crippen LogP contribution in [-0.4, -0.2) is 24.4 Å². The molecule has 2 heterocycles. The Bertz CT molecular complexity index is 556. The SMILES string of the molecule is CCCNC(Cc1ccsc1)C1CSc2ccccc2O1. The zero-order valence-corrected chi connectivity index (χ0v) is 13.9. The van der Waals surface area contributed by atoms with E-state index in [-0.39, 0.29) is 6.10 Å². The van der Waals surface area contributed by atoms with Gasteiger partial charge in [-0.3, -0.25) is 0 Å². The average Bonchev–Trinajstić information content (AvgIpc) is 3.04. The molecule has 1 aliphatic rings. The minimum Gasteiger partial charge on any atom is -0.487 e. The van der Waals surface area contributed by atoms with E-state index in [1.165, 1.54) is 10.5 Å². The van der Waals surface area contributed by atoms with E-state index in [4.69, 9.17) is 4.74 Å². The summed E-state index contributed by atoms with van der Waals surface area (Å²) in [6.45, 7) is 3.25. The van der Waals surface area contributed by atoms with Gasteiger partial charge in [-0.25, -0.2) is 0 Å². The number of hydrogen-bond acceptors (Lipinski definition) is 4. The van der Waals surface area contributed by atoms with Crippen LogP contribution >= 0.6 is 23.1 Å². The van der Waals surface area contributed by atoms with Gasteiger partial charge in [-0.05, 0) is 53.9 Å². The molecule has 0 radical (unpaired) electrons. The summed E-state index contributed by atoms with van der Waals surface area (Å²) >= 11 is 3.68. The van der Waals surface area contributed by atoms with Crippen molar-refractivity contribution in [2.75, 3.05) is 12.3 Å². The number of para-hydroxylation sites is 1. The van der Waals surface area contributed by atoms with Gasteiger partial charge in [0.1, 0.15) is 11.9 Å². The van der Waals surface area contributed by atoms with Crippen LogP contribution in [-0.2, 0) is 6.42 Å². The maximum absolute atomic E-state index is 6.26. The number of ether oxygens (including phenoxy) is 1. The molecule has 1 aliphatic heterocycles. The second-order valence-corrected chi connectivity index (χ2v) is 7.15. The second-order valence-electron chi connectivity index (χ2n) is 5.31. The van der Waals surface area contributed by atoms with Crippen molar-refractivity contribution in [3.05, 3.63) is 46.7 Å². The molecule has 21 heavy (non-hydrogen) atoms. The Balaban J connectivity index is 1.71. The number of thiophene rings is 1. The number of rotatable bonds is 6. The summed E-state index contributed by atoms with van der Waals surface area (Å²) in [6, 6.07) is 10.9. The topological polar surface area (TPSA) is 21.3 Å². The van der Waals surface area contributed by atoms with E-state index < -0.39 is 0 Å². The van der Waals surface area contributed by atoms with Gasteiger partial charge in [-0.15, -0.1) is 11.8 Å². The summed E-state index contributed by atoms with van der Waals surface area (Å²) in [4.78, 5) is 1.26. The molecule has 0 saturated carbocycles. The van der Waals surface area contributed by atoms with Crippen LogP contribution in [0.1, 0.15) is 18.9 Å². The fourth-order valence-electron chi connectivity index (χ4n) is 2.56. The average molecular weight is 319 g/mol. The molecule has 0 saturated heterocycles. The van der Waals surface area contributed by atoms with Crippen molar-refractivity contribution >= 4 is 23.1 Å². The number of hydrogen-bond donors (Lipinski definition) is 1. The van der Waals surface area contributed by atoms with Crippen molar-refractivity contribution in [1.82, 2.24) is 5.32 Å². The molecule has 0 amide bonds. The number of nitrogens with one attached hydrogen (secondary N) is 1. The summed E-state index contributed by atoms with van der Waals surface area (Å²) in [5.74, 6) is 2.05. The highest BCUT2D eigenvalue weighted by Gasteiger charge is 2.28. The molecule has 1 N–H and O–H groups in total. The lowest BCUT2D eigenvalue weighted by molar-refractivity contribution is 0.165. The molecule has 0 spiro atoms. The highest BCUT2D eigenvalue weighted by atomic mass is 32.2. The third kappa shape index (κ3) is 3.82. The van der Waals surface area contributed by atoms with Gasteiger partial charge in [-0.1, -0.05) is 19.1 Å². The summed E-state index contributed by atoms with van der Waals surface area (Å²) in [6.07, 6.45) is 2.42. The highest BCUT2D eigenvalue weighted by molar-refractivity contribution is 7.99. The van der Waals surface area contributed by atoms with E-state index in [2.05, 4.69) is 53.3 Å². The smallest absolute Gasteiger partial charge is 0.133 e. The third-order valence-electron chi connectivity index (χ3n) is 3.67. The Morgan fingerprint density at radius 1 is 1.33 bits per heavy atom. The molecule has 0 fully saturated rings. The molecule has 112 valence electrons. The van der Waals surface area contributed by atoms with Crippen LogP contribution < -0.4 is 10.1 Å². The first-order valence-corrected chi connectivity index (χ1v) is 9.42. The lowest BCUT2D eigenvalue weighted by Gasteiger charge is -2.32. The predicted octanol–water partition coefficient (Wildman–Crippen LogP) is 4.21. The maximum Gasteiger partial charge on any atom is 0.133 e. The number of fused-ring (bicyclic) bond motifs is 1. The summed E-state index contributed by atoms with van der Waals surface area (Å²) in [5.41, 5.74) is 1.40. The van der Waals surface area contributed by atoms with Crippen molar-refractivity contribution in [1.29, 1.82) is 0 Å². The van der Waals surface area contributed by atoms with Crippen LogP contribution in [0.4, 0.5) is 0 Å². The van der Waals surface area contributed by atoms with Gasteiger partial charge in [-0.2, -0.15) is 11.3 Å². The zero-order chi connectivity index (χ0) is 14.5. The van der Waals surface area contributed by atoms with Gasteiger partial charge in [0.25, 0.3) is 0 Å². The fraction of sp³-hybridized carbons (Fsp3) is 0.412. The first-order valence-electron chi connectivity index (χ1n) is 7.49. The fourth-order valence-corrected chi connectivity index (χ4v) is 4.32. The van der Waals surface area contributed by atoms with E-state index in [1.54, 1.807) is 11.3 Å². The Kier molecular flexibility index (Phi) is 5.22. The molecular weight excluding hydrogens is 298 g/mol. The molecule has 0 bridgehead atoms. The summed E-state index contributed by atoms with van der Waals surface area (Å²) in [7, 11) is 0. The van der Waals surface area contributed by atoms with Crippen molar-refractivity contribution < 1.29 is 4.74 Å². The molecule has 2 aromatic rings. The quantitative estimate of drug-likeness (QED) is 0.861. The van der Waals surface area contributed by atoms with Gasteiger partial charge >= 0.3 is 0 Å². The minimum absolute atomic E-state index is 0.233.